The van der Waals surface area contributed by atoms with Crippen molar-refractivity contribution in [1.29, 1.82) is 0 Å². The van der Waals surface area contributed by atoms with E-state index < -0.39 is 0 Å². The number of allylic oxidation sites excluding steroid dienone is 1. The van der Waals surface area contributed by atoms with Gasteiger partial charge in [-0.1, -0.05) is 47.6 Å². The molecule has 2 unspecified atom stereocenters. The fourth-order valence-corrected chi connectivity index (χ4v) is 2.70. The van der Waals surface area contributed by atoms with Crippen molar-refractivity contribution in [2.24, 2.45) is 17.3 Å². The highest BCUT2D eigenvalue weighted by atomic mass is 15.2. The summed E-state index contributed by atoms with van der Waals surface area (Å²) in [6.07, 6.45) is 2.64. The minimum Gasteiger partial charge on any atom is -0.372 e. The van der Waals surface area contributed by atoms with Gasteiger partial charge in [-0.25, -0.2) is 0 Å². The molecule has 0 saturated carbocycles. The summed E-state index contributed by atoms with van der Waals surface area (Å²) in [6.45, 7) is 19.5. The van der Waals surface area contributed by atoms with Crippen LogP contribution in [0.1, 0.15) is 54.4 Å². The van der Waals surface area contributed by atoms with Crippen LogP contribution in [0, 0.1) is 17.3 Å². The molecule has 1 saturated heterocycles. The topological polar surface area (TPSA) is 3.24 Å². The zero-order valence-corrected chi connectivity index (χ0v) is 12.0. The van der Waals surface area contributed by atoms with Gasteiger partial charge in [0.2, 0.25) is 0 Å². The van der Waals surface area contributed by atoms with Crippen molar-refractivity contribution < 1.29 is 0 Å². The highest BCUT2D eigenvalue weighted by Crippen LogP contribution is 2.37. The van der Waals surface area contributed by atoms with Crippen LogP contribution < -0.4 is 0 Å². The predicted octanol–water partition coefficient (Wildman–Crippen LogP) is 4.30. The molecule has 0 aromatic heterocycles. The highest BCUT2D eigenvalue weighted by Gasteiger charge is 2.34. The molecule has 0 aliphatic carbocycles. The Balaban J connectivity index is 2.69. The molecule has 0 aromatic rings. The van der Waals surface area contributed by atoms with E-state index in [9.17, 15) is 0 Å². The Hall–Kier alpha value is -0.460. The third-order valence-electron chi connectivity index (χ3n) is 4.61. The van der Waals surface area contributed by atoms with Gasteiger partial charge in [-0.3, -0.25) is 0 Å². The zero-order valence-electron chi connectivity index (χ0n) is 12.0. The molecule has 1 aliphatic rings. The fraction of sp³-hybridized carbons (Fsp3) is 0.867. The second-order valence-electron chi connectivity index (χ2n) is 6.47. The van der Waals surface area contributed by atoms with Crippen molar-refractivity contribution in [2.45, 2.75) is 60.4 Å². The normalized spacial score (nSPS) is 28.2. The van der Waals surface area contributed by atoms with E-state index in [0.29, 0.717) is 17.4 Å². The van der Waals surface area contributed by atoms with Gasteiger partial charge in [-0.2, -0.15) is 0 Å². The van der Waals surface area contributed by atoms with Crippen LogP contribution >= 0.6 is 0 Å². The summed E-state index contributed by atoms with van der Waals surface area (Å²) < 4.78 is 0. The molecule has 3 atom stereocenters. The molecular weight excluding hydrogens is 194 g/mol. The number of hydrogen-bond acceptors (Lipinski definition) is 1. The molecule has 1 heteroatoms. The SMILES string of the molecule is C=C(C(C)C(C)(C)C)N1CC[C@H](CC)C1C. The van der Waals surface area contributed by atoms with Crippen molar-refractivity contribution in [3.05, 3.63) is 12.3 Å². The molecular formula is C15H29N. The number of likely N-dealkylation sites (tertiary alicyclic amines) is 1. The van der Waals surface area contributed by atoms with Gasteiger partial charge in [0.25, 0.3) is 0 Å². The minimum atomic E-state index is 0.321. The molecule has 1 heterocycles. The van der Waals surface area contributed by atoms with Crippen LogP contribution in [0.25, 0.3) is 0 Å². The van der Waals surface area contributed by atoms with E-state index >= 15 is 0 Å². The van der Waals surface area contributed by atoms with E-state index in [-0.39, 0.29) is 0 Å². The quantitative estimate of drug-likeness (QED) is 0.689. The van der Waals surface area contributed by atoms with Gasteiger partial charge in [0.05, 0.1) is 0 Å². The Morgan fingerprint density at radius 1 is 1.44 bits per heavy atom. The van der Waals surface area contributed by atoms with Gasteiger partial charge in [0.15, 0.2) is 0 Å². The van der Waals surface area contributed by atoms with Crippen LogP contribution in [0.5, 0.6) is 0 Å². The molecule has 1 aliphatic heterocycles. The van der Waals surface area contributed by atoms with E-state index in [4.69, 9.17) is 0 Å². The lowest BCUT2D eigenvalue weighted by molar-refractivity contribution is 0.207. The Labute approximate surface area is 102 Å². The molecule has 1 rings (SSSR count). The van der Waals surface area contributed by atoms with Crippen molar-refractivity contribution in [3.63, 3.8) is 0 Å². The first-order valence-corrected chi connectivity index (χ1v) is 6.74. The molecule has 1 nitrogen and oxygen atoms in total. The third kappa shape index (κ3) is 2.61. The van der Waals surface area contributed by atoms with E-state index in [1.165, 1.54) is 25.1 Å². The smallest absolute Gasteiger partial charge is 0.0287 e. The maximum Gasteiger partial charge on any atom is 0.0287 e. The molecule has 0 N–H and O–H groups in total. The summed E-state index contributed by atoms with van der Waals surface area (Å²) in [4.78, 5) is 2.55. The van der Waals surface area contributed by atoms with Crippen molar-refractivity contribution >= 4 is 0 Å². The third-order valence-corrected chi connectivity index (χ3v) is 4.61. The van der Waals surface area contributed by atoms with Crippen molar-refractivity contribution in [1.82, 2.24) is 4.90 Å². The van der Waals surface area contributed by atoms with Gasteiger partial charge in [0, 0.05) is 24.2 Å². The highest BCUT2D eigenvalue weighted by molar-refractivity contribution is 5.07. The lowest BCUT2D eigenvalue weighted by Crippen LogP contribution is -2.35. The summed E-state index contributed by atoms with van der Waals surface area (Å²) in [6, 6.07) is 0.683. The van der Waals surface area contributed by atoms with Crippen molar-refractivity contribution in [2.75, 3.05) is 6.54 Å². The molecule has 0 amide bonds. The summed E-state index contributed by atoms with van der Waals surface area (Å²) in [5, 5.41) is 0. The lowest BCUT2D eigenvalue weighted by atomic mass is 9.80. The number of hydrogen-bond donors (Lipinski definition) is 0. The largest absolute Gasteiger partial charge is 0.372 e. The average Bonchev–Trinajstić information content (AvgIpc) is 2.56. The maximum absolute atomic E-state index is 4.35. The van der Waals surface area contributed by atoms with E-state index in [0.717, 1.165) is 5.92 Å². The second kappa shape index (κ2) is 4.81. The Morgan fingerprint density at radius 3 is 2.38 bits per heavy atom. The summed E-state index contributed by atoms with van der Waals surface area (Å²) >= 11 is 0. The van der Waals surface area contributed by atoms with Crippen LogP contribution in [0.2, 0.25) is 0 Å². The monoisotopic (exact) mass is 223 g/mol. The van der Waals surface area contributed by atoms with Gasteiger partial charge in [-0.05, 0) is 24.7 Å². The molecule has 16 heavy (non-hydrogen) atoms. The van der Waals surface area contributed by atoms with E-state index in [2.05, 4.69) is 53.0 Å². The summed E-state index contributed by atoms with van der Waals surface area (Å²) in [5.41, 5.74) is 1.66. The predicted molar refractivity (Wildman–Crippen MR) is 72.3 cm³/mol. The minimum absolute atomic E-state index is 0.321. The molecule has 0 radical (unpaired) electrons. The average molecular weight is 223 g/mol. The van der Waals surface area contributed by atoms with Crippen LogP contribution in [0.3, 0.4) is 0 Å². The van der Waals surface area contributed by atoms with Gasteiger partial charge in [0.1, 0.15) is 0 Å². The molecule has 0 bridgehead atoms. The fourth-order valence-electron chi connectivity index (χ4n) is 2.70. The van der Waals surface area contributed by atoms with Crippen LogP contribution in [0.4, 0.5) is 0 Å². The molecule has 0 aromatic carbocycles. The van der Waals surface area contributed by atoms with Crippen molar-refractivity contribution in [3.8, 4) is 0 Å². The first-order chi connectivity index (χ1) is 7.29. The summed E-state index contributed by atoms with van der Waals surface area (Å²) in [7, 11) is 0. The van der Waals surface area contributed by atoms with Gasteiger partial charge < -0.3 is 4.90 Å². The second-order valence-corrected chi connectivity index (χ2v) is 6.47. The van der Waals surface area contributed by atoms with Crippen LogP contribution in [-0.4, -0.2) is 17.5 Å². The van der Waals surface area contributed by atoms with Crippen LogP contribution in [-0.2, 0) is 0 Å². The Kier molecular flexibility index (Phi) is 4.09. The molecule has 94 valence electrons. The Morgan fingerprint density at radius 2 is 2.00 bits per heavy atom. The Bertz CT molecular complexity index is 249. The lowest BCUT2D eigenvalue weighted by Gasteiger charge is -2.37. The van der Waals surface area contributed by atoms with E-state index in [1.807, 2.05) is 0 Å². The first-order valence-electron chi connectivity index (χ1n) is 6.74. The zero-order chi connectivity index (χ0) is 12.5. The standard InChI is InChI=1S/C15H29N/c1-8-14-9-10-16(13(14)4)12(3)11(2)15(5,6)7/h11,13-14H,3,8-10H2,1-2,4-7H3/t11?,13?,14-/m0/s1. The first kappa shape index (κ1) is 13.6. The van der Waals surface area contributed by atoms with Crippen LogP contribution in [0.15, 0.2) is 12.3 Å². The summed E-state index contributed by atoms with van der Waals surface area (Å²) in [5.74, 6) is 1.43. The number of rotatable bonds is 3. The number of nitrogens with zero attached hydrogens (tertiary/aromatic N) is 1. The van der Waals surface area contributed by atoms with Gasteiger partial charge >= 0.3 is 0 Å². The molecule has 0 spiro atoms. The molecule has 1 fully saturated rings. The maximum atomic E-state index is 4.35. The van der Waals surface area contributed by atoms with E-state index in [1.54, 1.807) is 0 Å². The van der Waals surface area contributed by atoms with Gasteiger partial charge in [-0.15, -0.1) is 0 Å².